The summed E-state index contributed by atoms with van der Waals surface area (Å²) in [7, 11) is 0. The molecule has 0 saturated heterocycles. The van der Waals surface area contributed by atoms with Crippen molar-refractivity contribution in [1.29, 1.82) is 0 Å². The van der Waals surface area contributed by atoms with Crippen LogP contribution < -0.4 is 0 Å². The van der Waals surface area contributed by atoms with E-state index in [2.05, 4.69) is 41.9 Å². The summed E-state index contributed by atoms with van der Waals surface area (Å²) in [6.07, 6.45) is 2.78. The van der Waals surface area contributed by atoms with E-state index in [9.17, 15) is 4.79 Å². The van der Waals surface area contributed by atoms with E-state index in [0.29, 0.717) is 0 Å². The van der Waals surface area contributed by atoms with Gasteiger partial charge in [-0.15, -0.1) is 11.3 Å². The standard InChI is InChI=1S/C15H13BrO2S/c1-9-7-11(8-10(2)15(9)16)13-5-3-12(19-13)4-6-14(17)18/h3-8H,1-2H3,(H,17,18)/b6-4+. The Morgan fingerprint density at radius 1 is 1.26 bits per heavy atom. The molecule has 2 nitrogen and oxygen atoms in total. The highest BCUT2D eigenvalue weighted by atomic mass is 79.9. The third kappa shape index (κ3) is 3.33. The first-order valence-electron chi connectivity index (χ1n) is 5.75. The van der Waals surface area contributed by atoms with Gasteiger partial charge >= 0.3 is 5.97 Å². The minimum Gasteiger partial charge on any atom is -0.478 e. The maximum Gasteiger partial charge on any atom is 0.328 e. The molecule has 0 saturated carbocycles. The molecule has 0 bridgehead atoms. The van der Waals surface area contributed by atoms with Crippen LogP contribution in [0.1, 0.15) is 16.0 Å². The Morgan fingerprint density at radius 3 is 2.47 bits per heavy atom. The van der Waals surface area contributed by atoms with Crippen LogP contribution in [-0.2, 0) is 4.79 Å². The number of carboxylic acid groups (broad SMARTS) is 1. The Labute approximate surface area is 124 Å². The zero-order chi connectivity index (χ0) is 14.0. The second-order valence-corrected chi connectivity index (χ2v) is 6.21. The van der Waals surface area contributed by atoms with Crippen LogP contribution in [-0.4, -0.2) is 11.1 Å². The van der Waals surface area contributed by atoms with Gasteiger partial charge in [0.15, 0.2) is 0 Å². The van der Waals surface area contributed by atoms with Gasteiger partial charge in [-0.1, -0.05) is 15.9 Å². The van der Waals surface area contributed by atoms with Crippen molar-refractivity contribution >= 4 is 39.3 Å². The lowest BCUT2D eigenvalue weighted by atomic mass is 10.1. The van der Waals surface area contributed by atoms with E-state index in [-0.39, 0.29) is 0 Å². The highest BCUT2D eigenvalue weighted by molar-refractivity contribution is 9.10. The molecule has 0 unspecified atom stereocenters. The summed E-state index contributed by atoms with van der Waals surface area (Å²) >= 11 is 5.14. The van der Waals surface area contributed by atoms with Gasteiger partial charge in [-0.25, -0.2) is 4.79 Å². The molecule has 1 N–H and O–H groups in total. The SMILES string of the molecule is Cc1cc(-c2ccc(/C=C/C(=O)O)s2)cc(C)c1Br. The molecule has 2 aromatic rings. The highest BCUT2D eigenvalue weighted by Gasteiger charge is 2.06. The average Bonchev–Trinajstić information content (AvgIpc) is 2.81. The molecule has 19 heavy (non-hydrogen) atoms. The Bertz CT molecular complexity index is 633. The topological polar surface area (TPSA) is 37.3 Å². The van der Waals surface area contributed by atoms with Gasteiger partial charge in [0.1, 0.15) is 0 Å². The predicted molar refractivity (Wildman–Crippen MR) is 83.6 cm³/mol. The van der Waals surface area contributed by atoms with E-state index in [1.54, 1.807) is 17.4 Å². The molecule has 0 radical (unpaired) electrons. The van der Waals surface area contributed by atoms with Crippen LogP contribution in [0.2, 0.25) is 0 Å². The van der Waals surface area contributed by atoms with Crippen molar-refractivity contribution in [2.75, 3.05) is 0 Å². The van der Waals surface area contributed by atoms with Crippen molar-refractivity contribution < 1.29 is 9.90 Å². The Balaban J connectivity index is 2.35. The molecule has 1 heterocycles. The van der Waals surface area contributed by atoms with Crippen molar-refractivity contribution in [3.63, 3.8) is 0 Å². The number of thiophene rings is 1. The normalized spacial score (nSPS) is 11.1. The molecule has 98 valence electrons. The fourth-order valence-electron chi connectivity index (χ4n) is 1.84. The Hall–Kier alpha value is -1.39. The molecular formula is C15H13BrO2S. The molecule has 2 rings (SSSR count). The van der Waals surface area contributed by atoms with E-state index >= 15 is 0 Å². The van der Waals surface area contributed by atoms with Crippen molar-refractivity contribution in [2.24, 2.45) is 0 Å². The van der Waals surface area contributed by atoms with Gasteiger partial charge in [0.25, 0.3) is 0 Å². The molecule has 1 aromatic heterocycles. The predicted octanol–water partition coefficient (Wildman–Crippen LogP) is 4.89. The lowest BCUT2D eigenvalue weighted by Gasteiger charge is -2.06. The molecule has 4 heteroatoms. The molecule has 0 atom stereocenters. The molecule has 0 aliphatic carbocycles. The third-order valence-electron chi connectivity index (χ3n) is 2.74. The fourth-order valence-corrected chi connectivity index (χ4v) is 2.97. The van der Waals surface area contributed by atoms with Crippen LogP contribution in [0.25, 0.3) is 16.5 Å². The third-order valence-corrected chi connectivity index (χ3v) is 5.09. The number of hydrogen-bond donors (Lipinski definition) is 1. The van der Waals surface area contributed by atoms with Gasteiger partial charge in [-0.2, -0.15) is 0 Å². The van der Waals surface area contributed by atoms with Crippen LogP contribution in [0.5, 0.6) is 0 Å². The summed E-state index contributed by atoms with van der Waals surface area (Å²) in [6.45, 7) is 4.14. The molecule has 0 fully saturated rings. The summed E-state index contributed by atoms with van der Waals surface area (Å²) in [6, 6.07) is 8.22. The molecule has 1 aromatic carbocycles. The van der Waals surface area contributed by atoms with Gasteiger partial charge in [-0.05, 0) is 60.9 Å². The minimum atomic E-state index is -0.926. The Kier molecular flexibility index (Phi) is 4.22. The number of hydrogen-bond acceptors (Lipinski definition) is 2. The van der Waals surface area contributed by atoms with Crippen molar-refractivity contribution in [3.8, 4) is 10.4 Å². The zero-order valence-corrected chi connectivity index (χ0v) is 13.0. The van der Waals surface area contributed by atoms with Crippen molar-refractivity contribution in [2.45, 2.75) is 13.8 Å². The number of aliphatic carboxylic acids is 1. The van der Waals surface area contributed by atoms with E-state index in [0.717, 1.165) is 25.9 Å². The first-order chi connectivity index (χ1) is 8.97. The number of halogens is 1. The number of carboxylic acids is 1. The van der Waals surface area contributed by atoms with Gasteiger partial charge in [0.2, 0.25) is 0 Å². The highest BCUT2D eigenvalue weighted by Crippen LogP contribution is 2.33. The second kappa shape index (κ2) is 5.72. The first-order valence-corrected chi connectivity index (χ1v) is 7.36. The van der Waals surface area contributed by atoms with E-state index in [1.165, 1.54) is 11.1 Å². The largest absolute Gasteiger partial charge is 0.478 e. The lowest BCUT2D eigenvalue weighted by molar-refractivity contribution is -0.131. The average molecular weight is 337 g/mol. The molecule has 0 aliphatic rings. The smallest absolute Gasteiger partial charge is 0.328 e. The van der Waals surface area contributed by atoms with E-state index in [4.69, 9.17) is 5.11 Å². The number of aryl methyl sites for hydroxylation is 2. The number of rotatable bonds is 3. The fraction of sp³-hybridized carbons (Fsp3) is 0.133. The molecular weight excluding hydrogens is 324 g/mol. The second-order valence-electron chi connectivity index (χ2n) is 4.30. The Morgan fingerprint density at radius 2 is 1.89 bits per heavy atom. The van der Waals surface area contributed by atoms with E-state index in [1.807, 2.05) is 12.1 Å². The quantitative estimate of drug-likeness (QED) is 0.810. The van der Waals surface area contributed by atoms with Gasteiger partial charge in [-0.3, -0.25) is 0 Å². The van der Waals surface area contributed by atoms with Crippen LogP contribution in [0, 0.1) is 13.8 Å². The van der Waals surface area contributed by atoms with Gasteiger partial charge in [0.05, 0.1) is 0 Å². The van der Waals surface area contributed by atoms with Crippen LogP contribution in [0.15, 0.2) is 34.8 Å². The summed E-state index contributed by atoms with van der Waals surface area (Å²) in [5.41, 5.74) is 3.57. The summed E-state index contributed by atoms with van der Waals surface area (Å²) < 4.78 is 1.14. The number of carbonyl (C=O) groups is 1. The number of benzene rings is 1. The van der Waals surface area contributed by atoms with Crippen LogP contribution in [0.3, 0.4) is 0 Å². The monoisotopic (exact) mass is 336 g/mol. The van der Waals surface area contributed by atoms with Crippen molar-refractivity contribution in [3.05, 3.63) is 50.8 Å². The maximum absolute atomic E-state index is 10.5. The van der Waals surface area contributed by atoms with Crippen LogP contribution >= 0.6 is 27.3 Å². The minimum absolute atomic E-state index is 0.926. The van der Waals surface area contributed by atoms with Crippen LogP contribution in [0.4, 0.5) is 0 Å². The zero-order valence-electron chi connectivity index (χ0n) is 10.6. The van der Waals surface area contributed by atoms with Gasteiger partial charge < -0.3 is 5.11 Å². The summed E-state index contributed by atoms with van der Waals surface area (Å²) in [5.74, 6) is -0.926. The van der Waals surface area contributed by atoms with Gasteiger partial charge in [0, 0.05) is 20.3 Å². The molecule has 0 aliphatic heterocycles. The first kappa shape index (κ1) is 14.0. The molecule has 0 spiro atoms. The maximum atomic E-state index is 10.5. The summed E-state index contributed by atoms with van der Waals surface area (Å²) in [5, 5.41) is 8.61. The van der Waals surface area contributed by atoms with Crippen molar-refractivity contribution in [1.82, 2.24) is 0 Å². The lowest BCUT2D eigenvalue weighted by Crippen LogP contribution is -1.84. The summed E-state index contributed by atoms with van der Waals surface area (Å²) in [4.78, 5) is 12.6. The van der Waals surface area contributed by atoms with E-state index < -0.39 is 5.97 Å². The molecule has 0 amide bonds.